The third kappa shape index (κ3) is 3.81. The highest BCUT2D eigenvalue weighted by atomic mass is 16.5. The van der Waals surface area contributed by atoms with Crippen LogP contribution in [0.15, 0.2) is 0 Å². The number of aromatic nitrogens is 3. The molecule has 1 aromatic heterocycles. The molecule has 0 saturated heterocycles. The first-order valence-electron chi connectivity index (χ1n) is 5.94. The summed E-state index contributed by atoms with van der Waals surface area (Å²) in [5.41, 5.74) is 0.738. The zero-order valence-electron chi connectivity index (χ0n) is 10.3. The van der Waals surface area contributed by atoms with Gasteiger partial charge in [0.25, 0.3) is 0 Å². The van der Waals surface area contributed by atoms with Gasteiger partial charge in [0.2, 0.25) is 0 Å². The van der Waals surface area contributed by atoms with Gasteiger partial charge in [0.15, 0.2) is 5.69 Å². The quantitative estimate of drug-likeness (QED) is 0.695. The van der Waals surface area contributed by atoms with E-state index in [9.17, 15) is 4.79 Å². The highest BCUT2D eigenvalue weighted by Crippen LogP contribution is 2.08. The Morgan fingerprint density at radius 2 is 2.12 bits per heavy atom. The van der Waals surface area contributed by atoms with E-state index in [2.05, 4.69) is 10.3 Å². The van der Waals surface area contributed by atoms with Crippen LogP contribution in [0.5, 0.6) is 0 Å². The lowest BCUT2D eigenvalue weighted by Crippen LogP contribution is -2.12. The molecule has 17 heavy (non-hydrogen) atoms. The first-order chi connectivity index (χ1) is 8.20. The Balaban J connectivity index is 2.67. The second-order valence-electron chi connectivity index (χ2n) is 3.78. The Bertz CT molecular complexity index is 363. The number of rotatable bonds is 8. The predicted molar refractivity (Wildman–Crippen MR) is 62.1 cm³/mol. The molecule has 0 radical (unpaired) electrons. The van der Waals surface area contributed by atoms with Crippen LogP contribution in [0.2, 0.25) is 0 Å². The molecule has 0 aliphatic carbocycles. The molecule has 96 valence electrons. The van der Waals surface area contributed by atoms with Crippen molar-refractivity contribution >= 4 is 5.97 Å². The van der Waals surface area contributed by atoms with Gasteiger partial charge >= 0.3 is 5.97 Å². The van der Waals surface area contributed by atoms with E-state index < -0.39 is 5.97 Å². The lowest BCUT2D eigenvalue weighted by molar-refractivity contribution is 0.0689. The summed E-state index contributed by atoms with van der Waals surface area (Å²) in [6.45, 7) is 5.84. The van der Waals surface area contributed by atoms with E-state index in [4.69, 9.17) is 9.84 Å². The van der Waals surface area contributed by atoms with Gasteiger partial charge < -0.3 is 9.84 Å². The van der Waals surface area contributed by atoms with Gasteiger partial charge in [-0.15, -0.1) is 5.10 Å². The van der Waals surface area contributed by atoms with Crippen molar-refractivity contribution in [3.05, 3.63) is 11.4 Å². The van der Waals surface area contributed by atoms with Crippen LogP contribution in [-0.2, 0) is 17.7 Å². The Kier molecular flexibility index (Phi) is 5.62. The largest absolute Gasteiger partial charge is 0.476 e. The van der Waals surface area contributed by atoms with Crippen LogP contribution in [0.25, 0.3) is 0 Å². The van der Waals surface area contributed by atoms with E-state index in [1.54, 1.807) is 4.68 Å². The van der Waals surface area contributed by atoms with Gasteiger partial charge in [-0.3, -0.25) is 0 Å². The zero-order chi connectivity index (χ0) is 12.7. The molecule has 0 aliphatic heterocycles. The summed E-state index contributed by atoms with van der Waals surface area (Å²) in [4.78, 5) is 10.9. The van der Waals surface area contributed by atoms with Crippen molar-refractivity contribution in [3.63, 3.8) is 0 Å². The molecule has 0 atom stereocenters. The van der Waals surface area contributed by atoms with Gasteiger partial charge in [-0.2, -0.15) is 0 Å². The van der Waals surface area contributed by atoms with Gasteiger partial charge in [0.05, 0.1) is 18.8 Å². The highest BCUT2D eigenvalue weighted by molar-refractivity contribution is 5.86. The number of carbonyl (C=O) groups is 1. The van der Waals surface area contributed by atoms with E-state index >= 15 is 0 Å². The molecule has 1 aromatic rings. The summed E-state index contributed by atoms with van der Waals surface area (Å²) in [5, 5.41) is 16.5. The van der Waals surface area contributed by atoms with Crippen molar-refractivity contribution in [1.82, 2.24) is 15.0 Å². The van der Waals surface area contributed by atoms with Crippen LogP contribution in [0.3, 0.4) is 0 Å². The molecule has 0 unspecified atom stereocenters. The van der Waals surface area contributed by atoms with Crippen molar-refractivity contribution in [1.29, 1.82) is 0 Å². The first-order valence-corrected chi connectivity index (χ1v) is 5.94. The molecule has 0 aromatic carbocycles. The molecule has 0 amide bonds. The second kappa shape index (κ2) is 7.01. The lowest BCUT2D eigenvalue weighted by atomic mass is 10.2. The Morgan fingerprint density at radius 3 is 2.71 bits per heavy atom. The fourth-order valence-corrected chi connectivity index (χ4v) is 1.56. The number of hydrogen-bond donors (Lipinski definition) is 1. The Hall–Kier alpha value is -1.43. The maximum absolute atomic E-state index is 10.9. The normalized spacial score (nSPS) is 10.7. The molecule has 1 heterocycles. The Morgan fingerprint density at radius 1 is 1.35 bits per heavy atom. The van der Waals surface area contributed by atoms with E-state index in [-0.39, 0.29) is 5.69 Å². The summed E-state index contributed by atoms with van der Waals surface area (Å²) in [5.74, 6) is -1.02. The van der Waals surface area contributed by atoms with E-state index in [1.165, 1.54) is 0 Å². The standard InChI is InChI=1S/C11H19N3O3/c1-3-5-9-10(11(15)16)12-13-14(9)6-8-17-7-4-2/h3-8H2,1-2H3,(H,15,16). The van der Waals surface area contributed by atoms with Gasteiger partial charge in [0.1, 0.15) is 0 Å². The monoisotopic (exact) mass is 241 g/mol. The second-order valence-corrected chi connectivity index (χ2v) is 3.78. The minimum Gasteiger partial charge on any atom is -0.476 e. The molecule has 0 saturated carbocycles. The number of aromatic carboxylic acids is 1. The summed E-state index contributed by atoms with van der Waals surface area (Å²) in [7, 11) is 0. The van der Waals surface area contributed by atoms with Crippen LogP contribution >= 0.6 is 0 Å². The van der Waals surface area contributed by atoms with Crippen molar-refractivity contribution in [2.45, 2.75) is 39.7 Å². The van der Waals surface area contributed by atoms with Crippen molar-refractivity contribution in [2.24, 2.45) is 0 Å². The van der Waals surface area contributed by atoms with Crippen LogP contribution in [0.1, 0.15) is 42.9 Å². The number of carboxylic acids is 1. The van der Waals surface area contributed by atoms with E-state index in [0.29, 0.717) is 31.9 Å². The van der Waals surface area contributed by atoms with Gasteiger partial charge in [-0.05, 0) is 12.8 Å². The molecule has 6 heteroatoms. The van der Waals surface area contributed by atoms with Crippen LogP contribution in [0, 0.1) is 0 Å². The minimum absolute atomic E-state index is 0.0577. The summed E-state index contributed by atoms with van der Waals surface area (Å²) in [6.07, 6.45) is 2.51. The average Bonchev–Trinajstić information content (AvgIpc) is 2.69. The smallest absolute Gasteiger partial charge is 0.358 e. The molecule has 6 nitrogen and oxygen atoms in total. The van der Waals surface area contributed by atoms with E-state index in [0.717, 1.165) is 12.8 Å². The van der Waals surface area contributed by atoms with Crippen LogP contribution < -0.4 is 0 Å². The fraction of sp³-hybridized carbons (Fsp3) is 0.727. The number of hydrogen-bond acceptors (Lipinski definition) is 4. The molecule has 0 spiro atoms. The predicted octanol–water partition coefficient (Wildman–Crippen LogP) is 1.36. The zero-order valence-corrected chi connectivity index (χ0v) is 10.3. The summed E-state index contributed by atoms with van der Waals surface area (Å²) in [6, 6.07) is 0. The number of ether oxygens (including phenoxy) is 1. The SMILES string of the molecule is CCCOCCn1nnc(C(=O)O)c1CCC. The Labute approximate surface area is 101 Å². The molecule has 1 rings (SSSR count). The molecule has 0 fully saturated rings. The van der Waals surface area contributed by atoms with Crippen molar-refractivity contribution in [3.8, 4) is 0 Å². The number of nitrogens with zero attached hydrogens (tertiary/aromatic N) is 3. The van der Waals surface area contributed by atoms with Crippen LogP contribution in [-0.4, -0.2) is 39.3 Å². The van der Waals surface area contributed by atoms with Gasteiger partial charge in [-0.25, -0.2) is 9.48 Å². The van der Waals surface area contributed by atoms with Gasteiger partial charge in [-0.1, -0.05) is 25.5 Å². The van der Waals surface area contributed by atoms with Crippen molar-refractivity contribution in [2.75, 3.05) is 13.2 Å². The number of carboxylic acid groups (broad SMARTS) is 1. The van der Waals surface area contributed by atoms with E-state index in [1.807, 2.05) is 13.8 Å². The lowest BCUT2D eigenvalue weighted by Gasteiger charge is -2.06. The summed E-state index contributed by atoms with van der Waals surface area (Å²) < 4.78 is 6.98. The van der Waals surface area contributed by atoms with Gasteiger partial charge in [0, 0.05) is 6.61 Å². The van der Waals surface area contributed by atoms with Crippen molar-refractivity contribution < 1.29 is 14.6 Å². The highest BCUT2D eigenvalue weighted by Gasteiger charge is 2.17. The topological polar surface area (TPSA) is 77.2 Å². The maximum Gasteiger partial charge on any atom is 0.358 e. The molecule has 0 aliphatic rings. The first kappa shape index (κ1) is 13.6. The third-order valence-electron chi connectivity index (χ3n) is 2.32. The summed E-state index contributed by atoms with van der Waals surface area (Å²) >= 11 is 0. The maximum atomic E-state index is 10.9. The average molecular weight is 241 g/mol. The third-order valence-corrected chi connectivity index (χ3v) is 2.32. The van der Waals surface area contributed by atoms with Crippen LogP contribution in [0.4, 0.5) is 0 Å². The minimum atomic E-state index is -1.02. The fourth-order valence-electron chi connectivity index (χ4n) is 1.56. The molecule has 1 N–H and O–H groups in total. The molecular formula is C11H19N3O3. The molecule has 0 bridgehead atoms. The molecular weight excluding hydrogens is 222 g/mol.